The zero-order chi connectivity index (χ0) is 25.6. The summed E-state index contributed by atoms with van der Waals surface area (Å²) in [5.41, 5.74) is 2.60. The van der Waals surface area contributed by atoms with Crippen molar-refractivity contribution >= 4 is 28.5 Å². The van der Waals surface area contributed by atoms with E-state index >= 15 is 0 Å². The molecule has 6 nitrogen and oxygen atoms in total. The van der Waals surface area contributed by atoms with Gasteiger partial charge in [-0.15, -0.1) is 0 Å². The third kappa shape index (κ3) is 4.55. The summed E-state index contributed by atoms with van der Waals surface area (Å²) in [4.78, 5) is 33.8. The summed E-state index contributed by atoms with van der Waals surface area (Å²) in [6.07, 6.45) is 7.82. The Morgan fingerprint density at radius 1 is 0.973 bits per heavy atom. The van der Waals surface area contributed by atoms with Gasteiger partial charge in [-0.25, -0.2) is 4.98 Å². The van der Waals surface area contributed by atoms with Crippen molar-refractivity contribution in [2.75, 3.05) is 11.4 Å². The largest absolute Gasteiger partial charge is 0.355 e. The van der Waals surface area contributed by atoms with Crippen LogP contribution in [0.5, 0.6) is 0 Å². The van der Waals surface area contributed by atoms with Crippen LogP contribution in [0.25, 0.3) is 11.0 Å². The van der Waals surface area contributed by atoms with Crippen molar-refractivity contribution in [2.45, 2.75) is 71.4 Å². The van der Waals surface area contributed by atoms with E-state index in [9.17, 15) is 9.59 Å². The molecule has 1 heterocycles. The van der Waals surface area contributed by atoms with Crippen molar-refractivity contribution in [3.63, 3.8) is 0 Å². The molecule has 4 saturated carbocycles. The first-order valence-electron chi connectivity index (χ1n) is 14.0. The highest BCUT2D eigenvalue weighted by Crippen LogP contribution is 2.60. The lowest BCUT2D eigenvalue weighted by Crippen LogP contribution is -2.53. The first kappa shape index (κ1) is 24.2. The van der Waals surface area contributed by atoms with E-state index in [4.69, 9.17) is 4.98 Å². The van der Waals surface area contributed by atoms with Crippen LogP contribution in [0.3, 0.4) is 0 Å². The fraction of sp³-hybridized carbons (Fsp3) is 0.516. The number of fused-ring (bicyclic) bond motifs is 1. The second-order valence-corrected chi connectivity index (χ2v) is 12.0. The fourth-order valence-electron chi connectivity index (χ4n) is 7.89. The lowest BCUT2D eigenvalue weighted by atomic mass is 9.49. The molecule has 1 N–H and O–H groups in total. The highest BCUT2D eigenvalue weighted by molar-refractivity contribution is 5.94. The molecular formula is C31H38N4O2. The number of imidazole rings is 1. The quantitative estimate of drug-likeness (QED) is 0.455. The molecule has 0 saturated heterocycles. The highest BCUT2D eigenvalue weighted by Gasteiger charge is 2.54. The van der Waals surface area contributed by atoms with E-state index in [0.29, 0.717) is 13.0 Å². The number of carbonyl (C=O) groups is 2. The number of hydrogen-bond donors (Lipinski definition) is 1. The summed E-state index contributed by atoms with van der Waals surface area (Å²) in [6.45, 7) is 4.84. The molecular weight excluding hydrogens is 460 g/mol. The van der Waals surface area contributed by atoms with Gasteiger partial charge in [0.1, 0.15) is 12.4 Å². The van der Waals surface area contributed by atoms with Crippen molar-refractivity contribution in [3.8, 4) is 0 Å². The molecule has 0 radical (unpaired) electrons. The maximum atomic E-state index is 13.6. The molecule has 1 aromatic heterocycles. The Morgan fingerprint density at radius 2 is 1.59 bits per heavy atom. The Hall–Kier alpha value is -3.15. The summed E-state index contributed by atoms with van der Waals surface area (Å²) in [5.74, 6) is 3.38. The van der Waals surface area contributed by atoms with Crippen LogP contribution in [-0.2, 0) is 22.6 Å². The number of hydrogen-bond acceptors (Lipinski definition) is 3. The molecule has 0 spiro atoms. The van der Waals surface area contributed by atoms with E-state index in [0.717, 1.165) is 59.6 Å². The van der Waals surface area contributed by atoms with E-state index in [2.05, 4.69) is 5.32 Å². The van der Waals surface area contributed by atoms with E-state index in [1.807, 2.05) is 77.9 Å². The minimum absolute atomic E-state index is 0.0307. The molecule has 6 heteroatoms. The van der Waals surface area contributed by atoms with Gasteiger partial charge in [-0.3, -0.25) is 9.59 Å². The zero-order valence-electron chi connectivity index (χ0n) is 22.0. The van der Waals surface area contributed by atoms with Crippen LogP contribution < -0.4 is 10.2 Å². The molecule has 4 aliphatic rings. The van der Waals surface area contributed by atoms with Gasteiger partial charge < -0.3 is 14.8 Å². The average Bonchev–Trinajstić information content (AvgIpc) is 3.21. The van der Waals surface area contributed by atoms with Gasteiger partial charge in [0, 0.05) is 30.1 Å². The van der Waals surface area contributed by atoms with Crippen LogP contribution in [0.15, 0.2) is 54.6 Å². The van der Waals surface area contributed by atoms with Crippen LogP contribution in [0.2, 0.25) is 0 Å². The molecule has 2 amide bonds. The molecule has 2 aromatic carbocycles. The molecule has 37 heavy (non-hydrogen) atoms. The summed E-state index contributed by atoms with van der Waals surface area (Å²) < 4.78 is 2.03. The predicted molar refractivity (Wildman–Crippen MR) is 146 cm³/mol. The van der Waals surface area contributed by atoms with Crippen LogP contribution in [0.1, 0.15) is 58.2 Å². The molecule has 0 aliphatic heterocycles. The van der Waals surface area contributed by atoms with Gasteiger partial charge in [0.2, 0.25) is 11.8 Å². The molecule has 4 bridgehead atoms. The molecule has 0 atom stereocenters. The van der Waals surface area contributed by atoms with Gasteiger partial charge in [0.05, 0.1) is 11.0 Å². The number of rotatable bonds is 8. The van der Waals surface area contributed by atoms with Gasteiger partial charge in [-0.05, 0) is 94.4 Å². The first-order valence-corrected chi connectivity index (χ1v) is 14.0. The minimum atomic E-state index is -0.141. The predicted octanol–water partition coefficient (Wildman–Crippen LogP) is 5.35. The summed E-state index contributed by atoms with van der Waals surface area (Å²) in [7, 11) is 0. The Kier molecular flexibility index (Phi) is 6.29. The fourth-order valence-corrected chi connectivity index (χ4v) is 7.89. The Labute approximate surface area is 219 Å². The Morgan fingerprint density at radius 3 is 2.24 bits per heavy atom. The topological polar surface area (TPSA) is 67.2 Å². The van der Waals surface area contributed by atoms with Gasteiger partial charge >= 0.3 is 0 Å². The van der Waals surface area contributed by atoms with Crippen molar-refractivity contribution < 1.29 is 9.59 Å². The van der Waals surface area contributed by atoms with Crippen molar-refractivity contribution in [1.29, 1.82) is 0 Å². The lowest BCUT2D eigenvalue weighted by molar-refractivity contribution is -0.146. The number of nitrogens with one attached hydrogen (secondary N) is 1. The summed E-state index contributed by atoms with van der Waals surface area (Å²) >= 11 is 0. The van der Waals surface area contributed by atoms with Crippen LogP contribution in [-0.4, -0.2) is 34.0 Å². The van der Waals surface area contributed by atoms with Gasteiger partial charge in [0.15, 0.2) is 0 Å². The number of amides is 2. The number of anilines is 1. The average molecular weight is 499 g/mol. The van der Waals surface area contributed by atoms with Crippen LogP contribution in [0, 0.1) is 23.2 Å². The second kappa shape index (κ2) is 9.62. The standard InChI is InChI=1S/C31H38N4O2/c1-21(2)35(25-8-4-3-5-9-25)29(36)20-34-27-11-7-6-10-26(27)33-28(34)12-13-32-30(37)31-17-22-14-23(18-31)16-24(15-22)19-31/h3-11,21-24H,12-20H2,1-2H3,(H,32,37). The normalized spacial score (nSPS) is 26.1. The molecule has 0 unspecified atom stereocenters. The molecule has 3 aromatic rings. The third-order valence-corrected chi connectivity index (χ3v) is 9.00. The third-order valence-electron chi connectivity index (χ3n) is 9.00. The van der Waals surface area contributed by atoms with Gasteiger partial charge in [0.25, 0.3) is 0 Å². The number of aromatic nitrogens is 2. The Bertz CT molecular complexity index is 1260. The van der Waals surface area contributed by atoms with E-state index in [1.54, 1.807) is 0 Å². The SMILES string of the molecule is CC(C)N(C(=O)Cn1c(CCNC(=O)C23CC4CC(CC(C4)C2)C3)nc2ccccc21)c1ccccc1. The zero-order valence-corrected chi connectivity index (χ0v) is 22.0. The van der Waals surface area contributed by atoms with Gasteiger partial charge in [-0.1, -0.05) is 30.3 Å². The molecule has 7 rings (SSSR count). The number of nitrogens with zero attached hydrogens (tertiary/aromatic N) is 3. The summed E-state index contributed by atoms with van der Waals surface area (Å²) in [6, 6.07) is 17.9. The van der Waals surface area contributed by atoms with Crippen molar-refractivity contribution in [3.05, 3.63) is 60.4 Å². The Balaban J connectivity index is 1.18. The number of benzene rings is 2. The molecule has 4 fully saturated rings. The smallest absolute Gasteiger partial charge is 0.247 e. The summed E-state index contributed by atoms with van der Waals surface area (Å²) in [5, 5.41) is 3.29. The van der Waals surface area contributed by atoms with E-state index < -0.39 is 0 Å². The maximum Gasteiger partial charge on any atom is 0.247 e. The maximum absolute atomic E-state index is 13.6. The van der Waals surface area contributed by atoms with Crippen LogP contribution >= 0.6 is 0 Å². The monoisotopic (exact) mass is 498 g/mol. The lowest BCUT2D eigenvalue weighted by Gasteiger charge is -2.55. The van der Waals surface area contributed by atoms with E-state index in [-0.39, 0.29) is 29.8 Å². The first-order chi connectivity index (χ1) is 17.9. The van der Waals surface area contributed by atoms with Crippen molar-refractivity contribution in [1.82, 2.24) is 14.9 Å². The second-order valence-electron chi connectivity index (χ2n) is 12.0. The van der Waals surface area contributed by atoms with Gasteiger partial charge in [-0.2, -0.15) is 0 Å². The van der Waals surface area contributed by atoms with Crippen LogP contribution in [0.4, 0.5) is 5.69 Å². The number of para-hydroxylation sites is 3. The highest BCUT2D eigenvalue weighted by atomic mass is 16.2. The molecule has 4 aliphatic carbocycles. The number of carbonyl (C=O) groups excluding carboxylic acids is 2. The molecule has 194 valence electrons. The van der Waals surface area contributed by atoms with E-state index in [1.165, 1.54) is 19.3 Å². The minimum Gasteiger partial charge on any atom is -0.355 e. The van der Waals surface area contributed by atoms with Crippen molar-refractivity contribution in [2.24, 2.45) is 23.2 Å².